The number of nitro groups is 2. The van der Waals surface area contributed by atoms with E-state index in [-0.39, 0.29) is 17.0 Å². The molecule has 0 bridgehead atoms. The largest absolute Gasteiger partial charge is 0.466 e. The van der Waals surface area contributed by atoms with Gasteiger partial charge in [-0.1, -0.05) is 12.1 Å². The lowest BCUT2D eigenvalue weighted by Crippen LogP contribution is -2.39. The first-order valence-corrected chi connectivity index (χ1v) is 7.00. The molecule has 24 heavy (non-hydrogen) atoms. The van der Waals surface area contributed by atoms with Crippen LogP contribution in [0.15, 0.2) is 40.5 Å². The molecule has 2 atom stereocenters. The maximum absolute atomic E-state index is 12.1. The quantitative estimate of drug-likeness (QED) is 0.472. The molecule has 0 saturated heterocycles. The second kappa shape index (κ2) is 6.57. The van der Waals surface area contributed by atoms with Crippen LogP contribution in [0.5, 0.6) is 0 Å². The Hall–Kier alpha value is -3.10. The maximum atomic E-state index is 12.1. The second-order valence-electron chi connectivity index (χ2n) is 5.30. The average molecular weight is 333 g/mol. The molecule has 0 amide bonds. The number of aliphatic imine (C=N–C) groups is 1. The first-order chi connectivity index (χ1) is 11.3. The number of methoxy groups -OCH3 is 1. The third kappa shape index (κ3) is 3.00. The van der Waals surface area contributed by atoms with Gasteiger partial charge in [-0.15, -0.1) is 0 Å². The molecule has 1 heterocycles. The molecule has 1 aliphatic heterocycles. The highest BCUT2D eigenvalue weighted by molar-refractivity contribution is 5.98. The van der Waals surface area contributed by atoms with E-state index >= 15 is 0 Å². The predicted octanol–water partition coefficient (Wildman–Crippen LogP) is 2.25. The first kappa shape index (κ1) is 17.3. The van der Waals surface area contributed by atoms with Gasteiger partial charge in [0, 0.05) is 22.8 Å². The van der Waals surface area contributed by atoms with Crippen LogP contribution in [0.25, 0.3) is 0 Å². The van der Waals surface area contributed by atoms with Gasteiger partial charge in [-0.05, 0) is 19.4 Å². The summed E-state index contributed by atoms with van der Waals surface area (Å²) in [5.41, 5.74) is 0.637. The zero-order valence-electron chi connectivity index (χ0n) is 13.3. The van der Waals surface area contributed by atoms with Crippen molar-refractivity contribution in [3.05, 3.63) is 61.3 Å². The molecule has 2 unspecified atom stereocenters. The van der Waals surface area contributed by atoms with Crippen LogP contribution in [0.2, 0.25) is 0 Å². The summed E-state index contributed by atoms with van der Waals surface area (Å²) in [6, 6.07) is 4.15. The monoisotopic (exact) mass is 333 g/mol. The number of hydrogen-bond donors (Lipinski definition) is 0. The maximum Gasteiger partial charge on any atom is 0.336 e. The number of esters is 1. The number of non-ortho nitro benzene ring substituents is 1. The van der Waals surface area contributed by atoms with Crippen LogP contribution < -0.4 is 0 Å². The van der Waals surface area contributed by atoms with Crippen LogP contribution >= 0.6 is 0 Å². The van der Waals surface area contributed by atoms with Gasteiger partial charge in [-0.2, -0.15) is 0 Å². The van der Waals surface area contributed by atoms with E-state index in [1.54, 1.807) is 6.92 Å². The van der Waals surface area contributed by atoms with Crippen LogP contribution in [0, 0.1) is 20.2 Å². The summed E-state index contributed by atoms with van der Waals surface area (Å²) in [6.07, 6.45) is 0. The molecule has 0 N–H and O–H groups in total. The standard InChI is InChI=1S/C15H15N3O6/c1-8-12(15(19)24-3)13(14(18(22)23)9(2)16-8)10-5-4-6-11(7-10)17(20)21/h4-7,13-14H,1-3H3. The van der Waals surface area contributed by atoms with Crippen molar-refractivity contribution in [2.24, 2.45) is 4.99 Å². The molecule has 126 valence electrons. The lowest BCUT2D eigenvalue weighted by Gasteiger charge is -2.27. The Morgan fingerprint density at radius 3 is 2.46 bits per heavy atom. The summed E-state index contributed by atoms with van der Waals surface area (Å²) >= 11 is 0. The summed E-state index contributed by atoms with van der Waals surface area (Å²) in [5.74, 6) is -1.75. The Bertz CT molecular complexity index is 783. The first-order valence-electron chi connectivity index (χ1n) is 7.00. The van der Waals surface area contributed by atoms with E-state index < -0.39 is 27.8 Å². The molecule has 0 saturated carbocycles. The van der Waals surface area contributed by atoms with E-state index in [2.05, 4.69) is 4.99 Å². The van der Waals surface area contributed by atoms with Crippen molar-refractivity contribution in [1.29, 1.82) is 0 Å². The van der Waals surface area contributed by atoms with Gasteiger partial charge < -0.3 is 4.74 Å². The van der Waals surface area contributed by atoms with Crippen LogP contribution in [0.4, 0.5) is 5.69 Å². The van der Waals surface area contributed by atoms with Crippen LogP contribution in [0.1, 0.15) is 25.3 Å². The number of nitro benzene ring substituents is 1. The highest BCUT2D eigenvalue weighted by Crippen LogP contribution is 2.37. The Kier molecular flexibility index (Phi) is 4.72. The van der Waals surface area contributed by atoms with Crippen molar-refractivity contribution < 1.29 is 19.4 Å². The summed E-state index contributed by atoms with van der Waals surface area (Å²) in [6.45, 7) is 3.05. The predicted molar refractivity (Wildman–Crippen MR) is 84.4 cm³/mol. The Labute approximate surface area is 136 Å². The molecule has 0 spiro atoms. The number of rotatable bonds is 4. The number of hydrogen-bond acceptors (Lipinski definition) is 7. The van der Waals surface area contributed by atoms with Gasteiger partial charge in [-0.25, -0.2) is 4.79 Å². The zero-order valence-corrected chi connectivity index (χ0v) is 13.3. The molecule has 1 aromatic carbocycles. The Balaban J connectivity index is 2.70. The molecule has 0 radical (unpaired) electrons. The summed E-state index contributed by atoms with van der Waals surface area (Å²) in [7, 11) is 1.17. The van der Waals surface area contributed by atoms with Gasteiger partial charge in [-0.3, -0.25) is 25.2 Å². The minimum absolute atomic E-state index is 0.0327. The molecule has 0 fully saturated rings. The number of benzene rings is 1. The number of ether oxygens (including phenoxy) is 1. The molecular weight excluding hydrogens is 318 g/mol. The van der Waals surface area contributed by atoms with Crippen molar-refractivity contribution in [3.63, 3.8) is 0 Å². The van der Waals surface area contributed by atoms with E-state index in [9.17, 15) is 25.0 Å². The molecule has 9 nitrogen and oxygen atoms in total. The average Bonchev–Trinajstić information content (AvgIpc) is 2.53. The SMILES string of the molecule is COC(=O)C1=C(C)N=C(C)C([N+](=O)[O-])C1c1cccc([N+](=O)[O-])c1. The molecule has 1 aliphatic rings. The zero-order chi connectivity index (χ0) is 18.0. The number of carbonyl (C=O) groups is 1. The van der Waals surface area contributed by atoms with Gasteiger partial charge in [0.15, 0.2) is 0 Å². The van der Waals surface area contributed by atoms with Gasteiger partial charge in [0.2, 0.25) is 0 Å². The molecular formula is C15H15N3O6. The summed E-state index contributed by atoms with van der Waals surface area (Å²) in [5, 5.41) is 22.5. The van der Waals surface area contributed by atoms with Crippen LogP contribution in [0.3, 0.4) is 0 Å². The minimum Gasteiger partial charge on any atom is -0.466 e. The number of allylic oxidation sites excluding steroid dienone is 1. The molecule has 0 aromatic heterocycles. The third-order valence-electron chi connectivity index (χ3n) is 3.86. The Morgan fingerprint density at radius 2 is 1.92 bits per heavy atom. The molecule has 9 heteroatoms. The van der Waals surface area contributed by atoms with Crippen LogP contribution in [-0.4, -0.2) is 34.7 Å². The fourth-order valence-electron chi connectivity index (χ4n) is 2.85. The van der Waals surface area contributed by atoms with E-state index in [0.29, 0.717) is 11.3 Å². The van der Waals surface area contributed by atoms with Crippen molar-refractivity contribution in [1.82, 2.24) is 0 Å². The lowest BCUT2D eigenvalue weighted by atomic mass is 9.80. The highest BCUT2D eigenvalue weighted by Gasteiger charge is 2.44. The summed E-state index contributed by atoms with van der Waals surface area (Å²) < 4.78 is 4.73. The van der Waals surface area contributed by atoms with Crippen molar-refractivity contribution >= 4 is 17.4 Å². The third-order valence-corrected chi connectivity index (χ3v) is 3.86. The Morgan fingerprint density at radius 1 is 1.25 bits per heavy atom. The van der Waals surface area contributed by atoms with Gasteiger partial charge in [0.05, 0.1) is 29.2 Å². The van der Waals surface area contributed by atoms with Gasteiger partial charge >= 0.3 is 5.97 Å². The minimum atomic E-state index is -1.30. The highest BCUT2D eigenvalue weighted by atomic mass is 16.6. The van der Waals surface area contributed by atoms with Gasteiger partial charge in [0.25, 0.3) is 11.7 Å². The van der Waals surface area contributed by atoms with E-state index in [4.69, 9.17) is 4.74 Å². The van der Waals surface area contributed by atoms with Crippen molar-refractivity contribution in [3.8, 4) is 0 Å². The normalized spacial score (nSPS) is 20.4. The van der Waals surface area contributed by atoms with Crippen LogP contribution in [-0.2, 0) is 9.53 Å². The fraction of sp³-hybridized carbons (Fsp3) is 0.333. The van der Waals surface area contributed by atoms with E-state index in [1.165, 1.54) is 38.3 Å². The molecule has 1 aromatic rings. The number of carbonyl (C=O) groups excluding carboxylic acids is 1. The molecule has 2 rings (SSSR count). The lowest BCUT2D eigenvalue weighted by molar-refractivity contribution is -0.505. The van der Waals surface area contributed by atoms with E-state index in [1.807, 2.05) is 0 Å². The summed E-state index contributed by atoms with van der Waals surface area (Å²) in [4.78, 5) is 37.6. The smallest absolute Gasteiger partial charge is 0.336 e. The van der Waals surface area contributed by atoms with Crippen molar-refractivity contribution in [2.75, 3.05) is 7.11 Å². The topological polar surface area (TPSA) is 125 Å². The number of nitrogens with zero attached hydrogens (tertiary/aromatic N) is 3. The molecule has 0 aliphatic carbocycles. The fourth-order valence-corrected chi connectivity index (χ4v) is 2.85. The second-order valence-corrected chi connectivity index (χ2v) is 5.30. The van der Waals surface area contributed by atoms with Crippen molar-refractivity contribution in [2.45, 2.75) is 25.8 Å². The van der Waals surface area contributed by atoms with Gasteiger partial charge in [0.1, 0.15) is 0 Å². The van der Waals surface area contributed by atoms with E-state index in [0.717, 1.165) is 0 Å².